The van der Waals surface area contributed by atoms with Gasteiger partial charge in [0.2, 0.25) is 0 Å². The molecule has 10 aromatic rings. The Labute approximate surface area is 307 Å². The minimum Gasteiger partial charge on any atom is -0.292 e. The molecule has 0 bridgehead atoms. The molecule has 2 nitrogen and oxygen atoms in total. The molecule has 1 aromatic heterocycles. The Bertz CT molecular complexity index is 3280. The first-order chi connectivity index (χ1) is 28.6. The summed E-state index contributed by atoms with van der Waals surface area (Å²) < 4.78 is 75.2. The summed E-state index contributed by atoms with van der Waals surface area (Å²) in [6.45, 7) is 0. The van der Waals surface area contributed by atoms with Crippen LogP contribution in [0, 0.1) is 0 Å². The molecule has 1 heterocycles. The zero-order chi connectivity index (χ0) is 40.7. The van der Waals surface area contributed by atoms with Gasteiger partial charge < -0.3 is 0 Å². The molecule has 0 unspecified atom stereocenters. The van der Waals surface area contributed by atoms with Crippen LogP contribution in [0.5, 0.6) is 0 Å². The van der Waals surface area contributed by atoms with Crippen LogP contribution in [0.15, 0.2) is 194 Å². The molecule has 238 valence electrons. The van der Waals surface area contributed by atoms with Gasteiger partial charge in [-0.2, -0.15) is 0 Å². The number of para-hydroxylation sites is 2. The van der Waals surface area contributed by atoms with Crippen molar-refractivity contribution in [3.8, 4) is 50.5 Å². The molecule has 0 N–H and O–H groups in total. The summed E-state index contributed by atoms with van der Waals surface area (Å²) in [5.41, 5.74) is 6.78. The zero-order valence-corrected chi connectivity index (χ0v) is 27.3. The van der Waals surface area contributed by atoms with Crippen LogP contribution in [0.3, 0.4) is 0 Å². The molecule has 0 saturated carbocycles. The summed E-state index contributed by atoms with van der Waals surface area (Å²) in [6.07, 6.45) is 0. The predicted molar refractivity (Wildman–Crippen MR) is 215 cm³/mol. The number of hydrogen-bond acceptors (Lipinski definition) is 1. The number of benzene rings is 9. The lowest BCUT2D eigenvalue weighted by atomic mass is 9.84. The van der Waals surface area contributed by atoms with E-state index in [0.717, 1.165) is 44.2 Å². The largest absolute Gasteiger partial charge is 0.292 e. The van der Waals surface area contributed by atoms with Crippen molar-refractivity contribution in [1.29, 1.82) is 0 Å². The molecular weight excluding hydrogens is 617 g/mol. The first kappa shape index (κ1) is 22.0. The third kappa shape index (κ3) is 4.84. The van der Waals surface area contributed by atoms with Gasteiger partial charge >= 0.3 is 0 Å². The van der Waals surface area contributed by atoms with Crippen molar-refractivity contribution in [3.63, 3.8) is 0 Å². The van der Waals surface area contributed by atoms with Gasteiger partial charge in [0.15, 0.2) is 0 Å². The molecule has 9 aromatic carbocycles. The third-order valence-electron chi connectivity index (χ3n) is 9.64. The van der Waals surface area contributed by atoms with Crippen molar-refractivity contribution in [3.05, 3.63) is 194 Å². The number of hydrogen-bond donors (Lipinski definition) is 0. The second-order valence-corrected chi connectivity index (χ2v) is 12.5. The summed E-state index contributed by atoms with van der Waals surface area (Å²) in [5.74, 6) is 0.694. The van der Waals surface area contributed by atoms with E-state index in [2.05, 4.69) is 34.9 Å². The smallest absolute Gasteiger partial charge is 0.145 e. The third-order valence-corrected chi connectivity index (χ3v) is 9.64. The molecule has 0 aliphatic heterocycles. The van der Waals surface area contributed by atoms with Gasteiger partial charge in [-0.05, 0) is 90.0 Å². The number of nitrogens with zero attached hydrogens (tertiary/aromatic N) is 2. The second kappa shape index (κ2) is 12.0. The maximum atomic E-state index is 9.41. The molecule has 10 rings (SSSR count). The van der Waals surface area contributed by atoms with Crippen LogP contribution in [-0.4, -0.2) is 9.55 Å². The molecule has 0 aliphatic rings. The summed E-state index contributed by atoms with van der Waals surface area (Å²) in [5, 5.41) is 2.90. The fraction of sp³-hybridized carbons (Fsp3) is 0. The van der Waals surface area contributed by atoms with Gasteiger partial charge in [0.05, 0.1) is 22.0 Å². The van der Waals surface area contributed by atoms with E-state index in [9.17, 15) is 5.48 Å². The number of aromatic nitrogens is 2. The van der Waals surface area contributed by atoms with Crippen molar-refractivity contribution in [2.24, 2.45) is 0 Å². The van der Waals surface area contributed by atoms with Crippen LogP contribution >= 0.6 is 0 Å². The zero-order valence-electron chi connectivity index (χ0n) is 35.3. The number of rotatable bonds is 5. The van der Waals surface area contributed by atoms with Crippen LogP contribution in [0.4, 0.5) is 0 Å². The van der Waals surface area contributed by atoms with E-state index < -0.39 is 24.2 Å². The van der Waals surface area contributed by atoms with Crippen molar-refractivity contribution in [2.45, 2.75) is 0 Å². The molecule has 0 aliphatic carbocycles. The minimum atomic E-state index is -0.438. The topological polar surface area (TPSA) is 17.8 Å². The molecule has 0 radical (unpaired) electrons. The molecule has 0 saturated heterocycles. The van der Waals surface area contributed by atoms with Crippen LogP contribution in [0.25, 0.3) is 93.8 Å². The van der Waals surface area contributed by atoms with Crippen molar-refractivity contribution < 1.29 is 11.0 Å². The Balaban J connectivity index is 1.29. The fourth-order valence-corrected chi connectivity index (χ4v) is 7.34. The van der Waals surface area contributed by atoms with Gasteiger partial charge in [0.1, 0.15) is 5.82 Å². The molecule has 0 fully saturated rings. The first-order valence-corrected chi connectivity index (χ1v) is 16.8. The maximum Gasteiger partial charge on any atom is 0.145 e. The van der Waals surface area contributed by atoms with Crippen LogP contribution in [-0.2, 0) is 0 Å². The molecule has 51 heavy (non-hydrogen) atoms. The number of fused-ring (bicyclic) bond motifs is 4. The van der Waals surface area contributed by atoms with Gasteiger partial charge in [0.25, 0.3) is 0 Å². The Morgan fingerprint density at radius 1 is 0.431 bits per heavy atom. The predicted octanol–water partition coefficient (Wildman–Crippen LogP) is 13.2. The Morgan fingerprint density at radius 2 is 1.00 bits per heavy atom. The quantitative estimate of drug-likeness (QED) is 0.169. The van der Waals surface area contributed by atoms with Crippen molar-refractivity contribution in [2.75, 3.05) is 0 Å². The highest BCUT2D eigenvalue weighted by Crippen LogP contribution is 2.46. The lowest BCUT2D eigenvalue weighted by Crippen LogP contribution is -1.98. The summed E-state index contributed by atoms with van der Waals surface area (Å²) in [4.78, 5) is 5.08. The fourth-order valence-electron chi connectivity index (χ4n) is 7.34. The lowest BCUT2D eigenvalue weighted by Gasteiger charge is -2.20. The summed E-state index contributed by atoms with van der Waals surface area (Å²) in [6, 6.07) is 44.1. The molecular formula is C49H32N2. The molecule has 2 heteroatoms. The van der Waals surface area contributed by atoms with Crippen LogP contribution in [0.2, 0.25) is 0 Å². The summed E-state index contributed by atoms with van der Waals surface area (Å²) >= 11 is 0. The molecule has 0 atom stereocenters. The van der Waals surface area contributed by atoms with Gasteiger partial charge in [-0.15, -0.1) is 0 Å². The van der Waals surface area contributed by atoms with E-state index >= 15 is 0 Å². The first-order valence-electron chi connectivity index (χ1n) is 20.8. The van der Waals surface area contributed by atoms with E-state index in [-0.39, 0.29) is 45.7 Å². The van der Waals surface area contributed by atoms with Gasteiger partial charge in [-0.3, -0.25) is 4.57 Å². The molecule has 0 spiro atoms. The van der Waals surface area contributed by atoms with E-state index in [1.54, 1.807) is 0 Å². The second-order valence-electron chi connectivity index (χ2n) is 12.5. The van der Waals surface area contributed by atoms with Gasteiger partial charge in [-0.1, -0.05) is 170 Å². The van der Waals surface area contributed by atoms with E-state index in [0.29, 0.717) is 28.1 Å². The summed E-state index contributed by atoms with van der Waals surface area (Å²) in [7, 11) is 0. The average Bonchev–Trinajstić information content (AvgIpc) is 3.67. The average molecular weight is 657 g/mol. The van der Waals surface area contributed by atoms with Crippen molar-refractivity contribution in [1.82, 2.24) is 9.55 Å². The van der Waals surface area contributed by atoms with E-state index in [1.807, 2.05) is 115 Å². The lowest BCUT2D eigenvalue weighted by molar-refractivity contribution is 1.11. The Hall–Kier alpha value is -6.77. The maximum absolute atomic E-state index is 9.41. The highest BCUT2D eigenvalue weighted by atomic mass is 15.1. The Kier molecular flexibility index (Phi) is 5.18. The molecule has 0 amide bonds. The normalized spacial score (nSPS) is 13.7. The van der Waals surface area contributed by atoms with E-state index in [4.69, 9.17) is 10.5 Å². The standard InChI is InChI=1S/C49H32N2/c1-2-15-34(16-3-1)39-18-6-7-19-40(39)48-43-22-10-8-20-41(43)47(42-21-9-11-23-44(42)48)35-26-28-36(29-27-35)49-50-45-24-12-13-25-46(45)51(49)38-31-30-33-14-4-5-17-37(33)32-38/h1-32H/i8D,9D,10D,11D,20D,21D,22D,23D. The van der Waals surface area contributed by atoms with Crippen molar-refractivity contribution >= 4 is 43.4 Å². The highest BCUT2D eigenvalue weighted by molar-refractivity contribution is 6.22. The minimum absolute atomic E-state index is 0.169. The Morgan fingerprint density at radius 3 is 1.73 bits per heavy atom. The van der Waals surface area contributed by atoms with Gasteiger partial charge in [-0.25, -0.2) is 4.98 Å². The van der Waals surface area contributed by atoms with Crippen LogP contribution < -0.4 is 0 Å². The SMILES string of the molecule is [2H]c1c([2H])c([2H])c2c(-c3ccccc3-c3ccccc3)c3c([2H])c([2H])c([2H])c([2H])c3c(-c3ccc(-c4nc5ccccc5n4-c4ccc5ccccc5c4)cc3)c2c1[2H]. The van der Waals surface area contributed by atoms with Crippen LogP contribution in [0.1, 0.15) is 11.0 Å². The highest BCUT2D eigenvalue weighted by Gasteiger charge is 2.20. The van der Waals surface area contributed by atoms with Gasteiger partial charge in [0, 0.05) is 11.3 Å². The van der Waals surface area contributed by atoms with E-state index in [1.165, 1.54) is 0 Å². The monoisotopic (exact) mass is 656 g/mol. The number of imidazole rings is 1.